The van der Waals surface area contributed by atoms with Crippen LogP contribution in [0.25, 0.3) is 0 Å². The minimum Gasteiger partial charge on any atom is -0.388 e. The first-order chi connectivity index (χ1) is 10.1. The summed E-state index contributed by atoms with van der Waals surface area (Å²) in [5.41, 5.74) is 1.11. The van der Waals surface area contributed by atoms with Crippen LogP contribution in [-0.4, -0.2) is 48.7 Å². The van der Waals surface area contributed by atoms with Gasteiger partial charge >= 0.3 is 0 Å². The molecule has 2 N–H and O–H groups in total. The number of hydrogen-bond acceptors (Lipinski definition) is 3. The number of nitrogens with one attached hydrogen (secondary N) is 1. The van der Waals surface area contributed by atoms with Crippen LogP contribution in [0.1, 0.15) is 41.6 Å². The number of carbonyl (C=O) groups excluding carboxylic acids is 1. The van der Waals surface area contributed by atoms with Crippen LogP contribution >= 0.6 is 0 Å². The minimum absolute atomic E-state index is 0.00188. The van der Waals surface area contributed by atoms with Gasteiger partial charge in [0, 0.05) is 19.2 Å². The molecular weight excluding hydrogens is 264 g/mol. The lowest BCUT2D eigenvalue weighted by Crippen LogP contribution is -2.42. The van der Waals surface area contributed by atoms with Crippen LogP contribution in [0.5, 0.6) is 0 Å². The average Bonchev–Trinajstić information content (AvgIpc) is 2.91. The number of benzene rings is 1. The molecule has 0 heterocycles. The molecule has 0 unspecified atom stereocenters. The quantitative estimate of drug-likeness (QED) is 0.840. The van der Waals surface area contributed by atoms with Crippen molar-refractivity contribution in [1.82, 2.24) is 10.2 Å². The van der Waals surface area contributed by atoms with Gasteiger partial charge in [0.15, 0.2) is 0 Å². The molecular formula is C17H26N2O2. The third kappa shape index (κ3) is 4.05. The van der Waals surface area contributed by atoms with E-state index in [0.29, 0.717) is 6.54 Å². The minimum atomic E-state index is -0.690. The molecule has 1 aromatic rings. The van der Waals surface area contributed by atoms with Gasteiger partial charge in [-0.25, -0.2) is 0 Å². The molecule has 1 aliphatic carbocycles. The van der Waals surface area contributed by atoms with E-state index in [9.17, 15) is 9.90 Å². The lowest BCUT2D eigenvalue weighted by molar-refractivity contribution is 0.0156. The number of carbonyl (C=O) groups is 1. The predicted octanol–water partition coefficient (Wildman–Crippen LogP) is 1.83. The van der Waals surface area contributed by atoms with Crippen molar-refractivity contribution in [2.24, 2.45) is 0 Å². The lowest BCUT2D eigenvalue weighted by atomic mass is 10.00. The Morgan fingerprint density at radius 3 is 2.67 bits per heavy atom. The molecule has 1 fully saturated rings. The fourth-order valence-electron chi connectivity index (χ4n) is 3.12. The Bertz CT molecular complexity index is 481. The fraction of sp³-hybridized carbons (Fsp3) is 0.588. The first-order valence-electron chi connectivity index (χ1n) is 7.76. The van der Waals surface area contributed by atoms with Gasteiger partial charge in [0.05, 0.1) is 5.60 Å². The van der Waals surface area contributed by atoms with Crippen LogP contribution in [0.15, 0.2) is 24.3 Å². The zero-order valence-corrected chi connectivity index (χ0v) is 13.1. The Morgan fingerprint density at radius 1 is 1.33 bits per heavy atom. The smallest absolute Gasteiger partial charge is 0.253 e. The van der Waals surface area contributed by atoms with Crippen molar-refractivity contribution < 1.29 is 9.90 Å². The third-order valence-electron chi connectivity index (χ3n) is 4.30. The van der Waals surface area contributed by atoms with Crippen molar-refractivity contribution in [1.29, 1.82) is 0 Å². The number of rotatable bonds is 6. The van der Waals surface area contributed by atoms with Crippen LogP contribution in [0, 0.1) is 0 Å². The van der Waals surface area contributed by atoms with E-state index in [1.54, 1.807) is 11.9 Å². The second-order valence-corrected chi connectivity index (χ2v) is 6.10. The van der Waals surface area contributed by atoms with Gasteiger partial charge < -0.3 is 15.3 Å². The van der Waals surface area contributed by atoms with E-state index in [1.165, 1.54) is 0 Å². The molecule has 0 bridgehead atoms. The molecule has 0 radical (unpaired) electrons. The van der Waals surface area contributed by atoms with E-state index in [-0.39, 0.29) is 5.91 Å². The summed E-state index contributed by atoms with van der Waals surface area (Å²) in [5, 5.41) is 13.6. The molecule has 116 valence electrons. The second kappa shape index (κ2) is 7.05. The Kier molecular flexibility index (Phi) is 5.37. The summed E-state index contributed by atoms with van der Waals surface area (Å²) < 4.78 is 0. The van der Waals surface area contributed by atoms with Crippen molar-refractivity contribution in [3.8, 4) is 0 Å². The maximum absolute atomic E-state index is 12.7. The van der Waals surface area contributed by atoms with E-state index in [0.717, 1.165) is 49.8 Å². The number of likely N-dealkylation sites (N-methyl/N-ethyl adjacent to an activating group) is 2. The van der Waals surface area contributed by atoms with Gasteiger partial charge in [0.2, 0.25) is 0 Å². The van der Waals surface area contributed by atoms with Gasteiger partial charge in [-0.05, 0) is 44.5 Å². The SMILES string of the molecule is CNCCc1ccccc1C(=O)N(C)CC1(O)CCCC1. The van der Waals surface area contributed by atoms with E-state index < -0.39 is 5.60 Å². The molecule has 1 amide bonds. The highest BCUT2D eigenvalue weighted by Gasteiger charge is 2.33. The molecule has 21 heavy (non-hydrogen) atoms. The zero-order chi connectivity index (χ0) is 15.3. The second-order valence-electron chi connectivity index (χ2n) is 6.10. The van der Waals surface area contributed by atoms with Gasteiger partial charge in [-0.15, -0.1) is 0 Å². The van der Waals surface area contributed by atoms with Gasteiger partial charge in [-0.2, -0.15) is 0 Å². The van der Waals surface area contributed by atoms with Crippen LogP contribution in [0.4, 0.5) is 0 Å². The van der Waals surface area contributed by atoms with Crippen molar-refractivity contribution in [3.63, 3.8) is 0 Å². The summed E-state index contributed by atoms with van der Waals surface area (Å²) in [6.45, 7) is 1.27. The van der Waals surface area contributed by atoms with E-state index in [2.05, 4.69) is 5.32 Å². The van der Waals surface area contributed by atoms with Gasteiger partial charge in [0.1, 0.15) is 0 Å². The van der Waals surface area contributed by atoms with Crippen molar-refractivity contribution in [2.75, 3.05) is 27.2 Å². The zero-order valence-electron chi connectivity index (χ0n) is 13.1. The topological polar surface area (TPSA) is 52.6 Å². The summed E-state index contributed by atoms with van der Waals surface area (Å²) >= 11 is 0. The summed E-state index contributed by atoms with van der Waals surface area (Å²) in [6.07, 6.45) is 4.53. The highest BCUT2D eigenvalue weighted by Crippen LogP contribution is 2.30. The third-order valence-corrected chi connectivity index (χ3v) is 4.30. The normalized spacial score (nSPS) is 16.9. The van der Waals surface area contributed by atoms with Crippen LogP contribution in [-0.2, 0) is 6.42 Å². The molecule has 0 spiro atoms. The molecule has 0 aromatic heterocycles. The molecule has 4 nitrogen and oxygen atoms in total. The largest absolute Gasteiger partial charge is 0.388 e. The fourth-order valence-corrected chi connectivity index (χ4v) is 3.12. The first kappa shape index (κ1) is 16.0. The maximum Gasteiger partial charge on any atom is 0.253 e. The van der Waals surface area contributed by atoms with Gasteiger partial charge in [-0.3, -0.25) is 4.79 Å². The van der Waals surface area contributed by atoms with Crippen molar-refractivity contribution in [2.45, 2.75) is 37.7 Å². The van der Waals surface area contributed by atoms with E-state index in [4.69, 9.17) is 0 Å². The Balaban J connectivity index is 2.08. The Labute approximate surface area is 127 Å². The number of hydrogen-bond donors (Lipinski definition) is 2. The van der Waals surface area contributed by atoms with Crippen molar-refractivity contribution >= 4 is 5.91 Å². The van der Waals surface area contributed by atoms with Crippen molar-refractivity contribution in [3.05, 3.63) is 35.4 Å². The molecule has 1 aromatic carbocycles. The highest BCUT2D eigenvalue weighted by atomic mass is 16.3. The molecule has 0 aliphatic heterocycles. The Morgan fingerprint density at radius 2 is 2.00 bits per heavy atom. The van der Waals surface area contributed by atoms with E-state index in [1.807, 2.05) is 31.3 Å². The van der Waals surface area contributed by atoms with E-state index >= 15 is 0 Å². The molecule has 0 saturated heterocycles. The summed E-state index contributed by atoms with van der Waals surface area (Å²) in [6, 6.07) is 7.74. The van der Waals surface area contributed by atoms with Crippen LogP contribution < -0.4 is 5.32 Å². The molecule has 0 atom stereocenters. The van der Waals surface area contributed by atoms with Crippen LogP contribution in [0.3, 0.4) is 0 Å². The number of nitrogens with zero attached hydrogens (tertiary/aromatic N) is 1. The molecule has 1 aliphatic rings. The highest BCUT2D eigenvalue weighted by molar-refractivity contribution is 5.95. The summed E-state index contributed by atoms with van der Waals surface area (Å²) in [5.74, 6) is 0.00188. The Hall–Kier alpha value is -1.39. The summed E-state index contributed by atoms with van der Waals surface area (Å²) in [4.78, 5) is 14.3. The maximum atomic E-state index is 12.7. The molecule has 1 saturated carbocycles. The molecule has 2 rings (SSSR count). The first-order valence-corrected chi connectivity index (χ1v) is 7.76. The van der Waals surface area contributed by atoms with Gasteiger partial charge in [0.25, 0.3) is 5.91 Å². The lowest BCUT2D eigenvalue weighted by Gasteiger charge is -2.29. The standard InChI is InChI=1S/C17H26N2O2/c1-18-12-9-14-7-3-4-8-15(14)16(20)19(2)13-17(21)10-5-6-11-17/h3-4,7-8,18,21H,5-6,9-13H2,1-2H3. The molecule has 4 heteroatoms. The van der Waals surface area contributed by atoms with Gasteiger partial charge in [-0.1, -0.05) is 31.0 Å². The number of aliphatic hydroxyl groups is 1. The van der Waals surface area contributed by atoms with Crippen LogP contribution in [0.2, 0.25) is 0 Å². The average molecular weight is 290 g/mol. The number of amides is 1. The predicted molar refractivity (Wildman–Crippen MR) is 84.5 cm³/mol. The summed E-state index contributed by atoms with van der Waals surface area (Å²) in [7, 11) is 3.69. The monoisotopic (exact) mass is 290 g/mol.